The van der Waals surface area contributed by atoms with Gasteiger partial charge in [0.15, 0.2) is 0 Å². The third-order valence-electron chi connectivity index (χ3n) is 1.76. The van der Waals surface area contributed by atoms with Gasteiger partial charge in [-0.15, -0.1) is 0 Å². The van der Waals surface area contributed by atoms with Crippen LogP contribution in [0.5, 0.6) is 5.88 Å². The molecule has 0 amide bonds. The van der Waals surface area contributed by atoms with Gasteiger partial charge in [-0.25, -0.2) is 10.8 Å². The smallest absolute Gasteiger partial charge is 0.255 e. The van der Waals surface area contributed by atoms with Crippen molar-refractivity contribution >= 4 is 5.95 Å². The second-order valence-corrected chi connectivity index (χ2v) is 3.81. The summed E-state index contributed by atoms with van der Waals surface area (Å²) in [6.07, 6.45) is 0.993. The van der Waals surface area contributed by atoms with Gasteiger partial charge < -0.3 is 9.47 Å². The van der Waals surface area contributed by atoms with Crippen molar-refractivity contribution in [1.82, 2.24) is 9.97 Å². The molecule has 1 heterocycles. The van der Waals surface area contributed by atoms with E-state index < -0.39 is 5.82 Å². The maximum Gasteiger partial charge on any atom is 0.255 e. The van der Waals surface area contributed by atoms with Crippen LogP contribution in [0.1, 0.15) is 13.8 Å². The summed E-state index contributed by atoms with van der Waals surface area (Å²) in [7, 11) is 0. The number of anilines is 1. The first-order valence-corrected chi connectivity index (χ1v) is 5.33. The summed E-state index contributed by atoms with van der Waals surface area (Å²) in [6.45, 7) is 5.34. The molecule has 1 aromatic heterocycles. The Morgan fingerprint density at radius 2 is 2.24 bits per heavy atom. The van der Waals surface area contributed by atoms with Gasteiger partial charge in [-0.3, -0.25) is 5.43 Å². The van der Waals surface area contributed by atoms with Gasteiger partial charge in [-0.1, -0.05) is 13.8 Å². The molecule has 17 heavy (non-hydrogen) atoms. The number of ether oxygens (including phenoxy) is 2. The molecular weight excluding hydrogens is 227 g/mol. The molecule has 0 atom stereocenters. The van der Waals surface area contributed by atoms with Gasteiger partial charge in [-0.2, -0.15) is 9.37 Å². The molecule has 3 N–H and O–H groups in total. The van der Waals surface area contributed by atoms with Crippen LogP contribution in [0.25, 0.3) is 0 Å². The van der Waals surface area contributed by atoms with E-state index in [1.165, 1.54) is 0 Å². The Kier molecular flexibility index (Phi) is 5.58. The molecule has 0 aliphatic heterocycles. The predicted molar refractivity (Wildman–Crippen MR) is 61.0 cm³/mol. The molecule has 0 bridgehead atoms. The number of hydrogen-bond acceptors (Lipinski definition) is 6. The number of hydrazine groups is 1. The molecular formula is C10H17FN4O2. The van der Waals surface area contributed by atoms with Crippen LogP contribution in [-0.4, -0.2) is 29.8 Å². The number of nitrogens with zero attached hydrogens (tertiary/aromatic N) is 2. The highest BCUT2D eigenvalue weighted by Crippen LogP contribution is 2.13. The summed E-state index contributed by atoms with van der Waals surface area (Å²) >= 11 is 0. The van der Waals surface area contributed by atoms with Gasteiger partial charge in [0.25, 0.3) is 5.88 Å². The number of halogens is 1. The quantitative estimate of drug-likeness (QED) is 0.422. The first kappa shape index (κ1) is 13.6. The van der Waals surface area contributed by atoms with E-state index in [0.29, 0.717) is 19.1 Å². The minimum absolute atomic E-state index is 0.101. The van der Waals surface area contributed by atoms with Crippen LogP contribution in [0.3, 0.4) is 0 Å². The normalized spacial score (nSPS) is 10.6. The maximum absolute atomic E-state index is 13.2. The molecule has 0 unspecified atom stereocenters. The lowest BCUT2D eigenvalue weighted by Gasteiger charge is -2.09. The highest BCUT2D eigenvalue weighted by Gasteiger charge is 2.07. The van der Waals surface area contributed by atoms with Crippen molar-refractivity contribution in [3.05, 3.63) is 12.0 Å². The number of hydrogen-bond donors (Lipinski definition) is 2. The van der Waals surface area contributed by atoms with E-state index in [1.807, 2.05) is 13.8 Å². The van der Waals surface area contributed by atoms with E-state index in [2.05, 4.69) is 15.4 Å². The number of nitrogens with two attached hydrogens (primary N) is 1. The predicted octanol–water partition coefficient (Wildman–Crippen LogP) is 0.953. The highest BCUT2D eigenvalue weighted by atomic mass is 19.1. The Hall–Kier alpha value is -1.47. The zero-order valence-electron chi connectivity index (χ0n) is 9.94. The van der Waals surface area contributed by atoms with Gasteiger partial charge in [0, 0.05) is 6.61 Å². The largest absolute Gasteiger partial charge is 0.473 e. The van der Waals surface area contributed by atoms with Crippen molar-refractivity contribution in [2.75, 3.05) is 25.2 Å². The third kappa shape index (κ3) is 4.92. The average Bonchev–Trinajstić information content (AvgIpc) is 2.30. The van der Waals surface area contributed by atoms with Gasteiger partial charge in [-0.05, 0) is 5.92 Å². The molecule has 6 nitrogen and oxygen atoms in total. The molecule has 1 rings (SSSR count). The molecule has 0 aliphatic carbocycles. The van der Waals surface area contributed by atoms with Crippen molar-refractivity contribution in [2.24, 2.45) is 11.8 Å². The first-order valence-electron chi connectivity index (χ1n) is 5.33. The molecule has 0 fully saturated rings. The summed E-state index contributed by atoms with van der Waals surface area (Å²) in [5.74, 6) is 4.89. The Morgan fingerprint density at radius 3 is 2.88 bits per heavy atom. The minimum atomic E-state index is -0.632. The van der Waals surface area contributed by atoms with Crippen LogP contribution in [0, 0.1) is 11.7 Å². The van der Waals surface area contributed by atoms with E-state index in [0.717, 1.165) is 6.20 Å². The first-order chi connectivity index (χ1) is 8.13. The summed E-state index contributed by atoms with van der Waals surface area (Å²) in [5.41, 5.74) is 2.21. The molecule has 0 saturated heterocycles. The SMILES string of the molecule is CC(C)COCCOc1nc(NN)ncc1F. The van der Waals surface area contributed by atoms with Crippen LogP contribution in [0.15, 0.2) is 6.20 Å². The molecule has 0 saturated carbocycles. The van der Waals surface area contributed by atoms with Crippen LogP contribution in [0.4, 0.5) is 10.3 Å². The Morgan fingerprint density at radius 1 is 1.47 bits per heavy atom. The summed E-state index contributed by atoms with van der Waals surface area (Å²) < 4.78 is 23.6. The fourth-order valence-corrected chi connectivity index (χ4v) is 1.04. The number of aromatic nitrogens is 2. The topological polar surface area (TPSA) is 82.3 Å². The van der Waals surface area contributed by atoms with E-state index in [4.69, 9.17) is 15.3 Å². The van der Waals surface area contributed by atoms with Crippen LogP contribution < -0.4 is 16.0 Å². The molecule has 0 radical (unpaired) electrons. The zero-order valence-corrected chi connectivity index (χ0v) is 9.94. The fourth-order valence-electron chi connectivity index (χ4n) is 1.04. The standard InChI is InChI=1S/C10H17FN4O2/c1-7(2)6-16-3-4-17-9-8(11)5-13-10(14-9)15-12/h5,7H,3-4,6,12H2,1-2H3,(H,13,14,15). The molecule has 7 heteroatoms. The Labute approximate surface area is 99.3 Å². The Bertz CT molecular complexity index is 349. The lowest BCUT2D eigenvalue weighted by molar-refractivity contribution is 0.0793. The number of nitrogen functional groups attached to an aromatic ring is 1. The fraction of sp³-hybridized carbons (Fsp3) is 0.600. The van der Waals surface area contributed by atoms with Crippen molar-refractivity contribution in [2.45, 2.75) is 13.8 Å². The van der Waals surface area contributed by atoms with Crippen molar-refractivity contribution in [3.63, 3.8) is 0 Å². The molecule has 1 aromatic rings. The van der Waals surface area contributed by atoms with E-state index in [9.17, 15) is 4.39 Å². The van der Waals surface area contributed by atoms with E-state index in [-0.39, 0.29) is 18.4 Å². The van der Waals surface area contributed by atoms with Crippen molar-refractivity contribution < 1.29 is 13.9 Å². The summed E-state index contributed by atoms with van der Waals surface area (Å²) in [5, 5.41) is 0. The van der Waals surface area contributed by atoms with Gasteiger partial charge in [0.2, 0.25) is 11.8 Å². The second kappa shape index (κ2) is 6.97. The van der Waals surface area contributed by atoms with Crippen LogP contribution in [-0.2, 0) is 4.74 Å². The summed E-state index contributed by atoms with van der Waals surface area (Å²) in [4.78, 5) is 7.32. The lowest BCUT2D eigenvalue weighted by atomic mass is 10.2. The molecule has 96 valence electrons. The van der Waals surface area contributed by atoms with Gasteiger partial charge in [0.1, 0.15) is 6.61 Å². The summed E-state index contributed by atoms with van der Waals surface area (Å²) in [6, 6.07) is 0. The average molecular weight is 244 g/mol. The van der Waals surface area contributed by atoms with Crippen molar-refractivity contribution in [1.29, 1.82) is 0 Å². The molecule has 0 spiro atoms. The van der Waals surface area contributed by atoms with Gasteiger partial charge >= 0.3 is 0 Å². The van der Waals surface area contributed by atoms with Crippen molar-refractivity contribution in [3.8, 4) is 5.88 Å². The van der Waals surface area contributed by atoms with Gasteiger partial charge in [0.05, 0.1) is 12.8 Å². The lowest BCUT2D eigenvalue weighted by Crippen LogP contribution is -2.14. The molecule has 0 aliphatic rings. The monoisotopic (exact) mass is 244 g/mol. The molecule has 0 aromatic carbocycles. The zero-order chi connectivity index (χ0) is 12.7. The maximum atomic E-state index is 13.2. The van der Waals surface area contributed by atoms with Crippen LogP contribution >= 0.6 is 0 Å². The van der Waals surface area contributed by atoms with Crippen LogP contribution in [0.2, 0.25) is 0 Å². The second-order valence-electron chi connectivity index (χ2n) is 3.81. The van der Waals surface area contributed by atoms with E-state index >= 15 is 0 Å². The highest BCUT2D eigenvalue weighted by molar-refractivity contribution is 5.26. The number of rotatable bonds is 7. The third-order valence-corrected chi connectivity index (χ3v) is 1.76. The Balaban J connectivity index is 2.35. The van der Waals surface area contributed by atoms with E-state index in [1.54, 1.807) is 0 Å². The number of nitrogens with one attached hydrogen (secondary N) is 1. The minimum Gasteiger partial charge on any atom is -0.473 e.